The zero-order valence-corrected chi connectivity index (χ0v) is 12.8. The smallest absolute Gasteiger partial charge is 0.232 e. The van der Waals surface area contributed by atoms with Crippen LogP contribution in [-0.4, -0.2) is 31.7 Å². The van der Waals surface area contributed by atoms with Gasteiger partial charge in [0.1, 0.15) is 0 Å². The lowest BCUT2D eigenvalue weighted by molar-refractivity contribution is -0.118. The Balaban J connectivity index is 2.92. The van der Waals surface area contributed by atoms with Gasteiger partial charge in [-0.25, -0.2) is 8.42 Å². The van der Waals surface area contributed by atoms with E-state index in [2.05, 4.69) is 0 Å². The molecule has 0 fully saturated rings. The molecule has 5 nitrogen and oxygen atoms in total. The van der Waals surface area contributed by atoms with Gasteiger partial charge >= 0.3 is 0 Å². The van der Waals surface area contributed by atoms with E-state index in [9.17, 15) is 13.2 Å². The van der Waals surface area contributed by atoms with Crippen molar-refractivity contribution >= 4 is 15.9 Å². The van der Waals surface area contributed by atoms with Gasteiger partial charge in [0.2, 0.25) is 15.9 Å². The van der Waals surface area contributed by atoms with Gasteiger partial charge in [0.25, 0.3) is 0 Å². The third-order valence-corrected chi connectivity index (χ3v) is 4.86. The SMILES string of the molecule is CCCCN(CC(N)=O)S(=O)(=O)Cc1ccccc1C. The minimum Gasteiger partial charge on any atom is -0.369 e. The lowest BCUT2D eigenvalue weighted by atomic mass is 10.1. The zero-order chi connectivity index (χ0) is 15.2. The maximum Gasteiger partial charge on any atom is 0.232 e. The number of hydrogen-bond donors (Lipinski definition) is 1. The van der Waals surface area contributed by atoms with Gasteiger partial charge in [-0.2, -0.15) is 4.31 Å². The van der Waals surface area contributed by atoms with Gasteiger partial charge in [-0.05, 0) is 24.5 Å². The number of rotatable bonds is 8. The molecule has 0 spiro atoms. The van der Waals surface area contributed by atoms with E-state index in [0.717, 1.165) is 17.5 Å². The van der Waals surface area contributed by atoms with Crippen LogP contribution < -0.4 is 5.73 Å². The van der Waals surface area contributed by atoms with Crippen LogP contribution in [0.25, 0.3) is 0 Å². The molecule has 0 saturated heterocycles. The van der Waals surface area contributed by atoms with E-state index in [-0.39, 0.29) is 12.3 Å². The van der Waals surface area contributed by atoms with E-state index < -0.39 is 15.9 Å². The molecule has 0 aliphatic rings. The molecule has 0 aliphatic carbocycles. The first-order chi connectivity index (χ1) is 9.36. The molecule has 0 atom stereocenters. The molecular weight excluding hydrogens is 276 g/mol. The van der Waals surface area contributed by atoms with Crippen LogP contribution in [0.3, 0.4) is 0 Å². The molecular formula is C14H22N2O3S. The predicted molar refractivity (Wildman–Crippen MR) is 79.5 cm³/mol. The summed E-state index contributed by atoms with van der Waals surface area (Å²) in [6.45, 7) is 3.91. The third kappa shape index (κ3) is 4.94. The molecule has 1 aromatic carbocycles. The standard InChI is InChI=1S/C14H22N2O3S/c1-3-4-9-16(10-14(15)17)20(18,19)11-13-8-6-5-7-12(13)2/h5-8H,3-4,9-11H2,1-2H3,(H2,15,17). The average molecular weight is 298 g/mol. The van der Waals surface area contributed by atoms with Crippen molar-refractivity contribution in [1.82, 2.24) is 4.31 Å². The van der Waals surface area contributed by atoms with Gasteiger partial charge in [0, 0.05) is 6.54 Å². The molecule has 0 radical (unpaired) electrons. The highest BCUT2D eigenvalue weighted by Gasteiger charge is 2.24. The summed E-state index contributed by atoms with van der Waals surface area (Å²) in [6.07, 6.45) is 1.56. The summed E-state index contributed by atoms with van der Waals surface area (Å²) in [7, 11) is -3.53. The molecule has 6 heteroatoms. The van der Waals surface area contributed by atoms with Crippen molar-refractivity contribution in [2.45, 2.75) is 32.4 Å². The van der Waals surface area contributed by atoms with Crippen molar-refractivity contribution in [2.24, 2.45) is 5.73 Å². The Kier molecular flexibility index (Phi) is 6.16. The van der Waals surface area contributed by atoms with Crippen molar-refractivity contribution in [3.8, 4) is 0 Å². The number of nitrogens with zero attached hydrogens (tertiary/aromatic N) is 1. The summed E-state index contributed by atoms with van der Waals surface area (Å²) < 4.78 is 26.0. The highest BCUT2D eigenvalue weighted by molar-refractivity contribution is 7.88. The summed E-state index contributed by atoms with van der Waals surface area (Å²) in [4.78, 5) is 11.1. The number of benzene rings is 1. The van der Waals surface area contributed by atoms with Crippen LogP contribution >= 0.6 is 0 Å². The Morgan fingerprint density at radius 1 is 1.30 bits per heavy atom. The molecule has 1 amide bonds. The first-order valence-corrected chi connectivity index (χ1v) is 8.28. The second kappa shape index (κ2) is 7.40. The van der Waals surface area contributed by atoms with Crippen LogP contribution in [0.4, 0.5) is 0 Å². The Morgan fingerprint density at radius 3 is 2.50 bits per heavy atom. The van der Waals surface area contributed by atoms with Crippen LogP contribution in [-0.2, 0) is 20.6 Å². The molecule has 0 unspecified atom stereocenters. The second-order valence-corrected chi connectivity index (χ2v) is 6.81. The van der Waals surface area contributed by atoms with Gasteiger partial charge in [-0.1, -0.05) is 37.6 Å². The van der Waals surface area contributed by atoms with E-state index in [0.29, 0.717) is 13.0 Å². The quantitative estimate of drug-likeness (QED) is 0.788. The first-order valence-electron chi connectivity index (χ1n) is 6.67. The van der Waals surface area contributed by atoms with E-state index in [1.165, 1.54) is 4.31 Å². The first kappa shape index (κ1) is 16.7. The van der Waals surface area contributed by atoms with Crippen LogP contribution in [0.15, 0.2) is 24.3 Å². The number of hydrogen-bond acceptors (Lipinski definition) is 3. The minimum atomic E-state index is -3.53. The molecule has 2 N–H and O–H groups in total. The summed E-state index contributed by atoms with van der Waals surface area (Å²) in [5.41, 5.74) is 6.81. The normalized spacial score (nSPS) is 11.8. The molecule has 0 aliphatic heterocycles. The van der Waals surface area contributed by atoms with Gasteiger partial charge in [-0.3, -0.25) is 4.79 Å². The number of amides is 1. The van der Waals surface area contributed by atoms with Crippen LogP contribution in [0.2, 0.25) is 0 Å². The second-order valence-electron chi connectivity index (χ2n) is 4.84. The number of unbranched alkanes of at least 4 members (excludes halogenated alkanes) is 1. The van der Waals surface area contributed by atoms with Crippen molar-refractivity contribution < 1.29 is 13.2 Å². The monoisotopic (exact) mass is 298 g/mol. The average Bonchev–Trinajstić information content (AvgIpc) is 2.36. The highest BCUT2D eigenvalue weighted by Crippen LogP contribution is 2.15. The minimum absolute atomic E-state index is 0.101. The van der Waals surface area contributed by atoms with Gasteiger partial charge < -0.3 is 5.73 Å². The van der Waals surface area contributed by atoms with Crippen LogP contribution in [0.5, 0.6) is 0 Å². The molecule has 0 saturated carbocycles. The van der Waals surface area contributed by atoms with Crippen LogP contribution in [0, 0.1) is 6.92 Å². The molecule has 1 aromatic rings. The fraction of sp³-hybridized carbons (Fsp3) is 0.500. The van der Waals surface area contributed by atoms with E-state index in [1.54, 1.807) is 6.07 Å². The number of carbonyl (C=O) groups is 1. The van der Waals surface area contributed by atoms with Crippen molar-refractivity contribution in [2.75, 3.05) is 13.1 Å². The van der Waals surface area contributed by atoms with Crippen molar-refractivity contribution in [1.29, 1.82) is 0 Å². The van der Waals surface area contributed by atoms with Crippen molar-refractivity contribution in [3.05, 3.63) is 35.4 Å². The molecule has 20 heavy (non-hydrogen) atoms. The third-order valence-electron chi connectivity index (χ3n) is 3.09. The van der Waals surface area contributed by atoms with Gasteiger partial charge in [0.15, 0.2) is 0 Å². The molecule has 112 valence electrons. The van der Waals surface area contributed by atoms with E-state index in [4.69, 9.17) is 5.73 Å². The summed E-state index contributed by atoms with van der Waals surface area (Å²) in [5, 5.41) is 0. The van der Waals surface area contributed by atoms with E-state index >= 15 is 0 Å². The maximum absolute atomic E-state index is 12.4. The lowest BCUT2D eigenvalue weighted by Crippen LogP contribution is -2.39. The summed E-state index contributed by atoms with van der Waals surface area (Å²) in [5.74, 6) is -0.731. The largest absolute Gasteiger partial charge is 0.369 e. The van der Waals surface area contributed by atoms with Crippen LogP contribution in [0.1, 0.15) is 30.9 Å². The Hall–Kier alpha value is -1.40. The zero-order valence-electron chi connectivity index (χ0n) is 12.0. The topological polar surface area (TPSA) is 80.5 Å². The lowest BCUT2D eigenvalue weighted by Gasteiger charge is -2.21. The van der Waals surface area contributed by atoms with Crippen molar-refractivity contribution in [3.63, 3.8) is 0 Å². The molecule has 0 heterocycles. The molecule has 0 aromatic heterocycles. The predicted octanol–water partition coefficient (Wildman–Crippen LogP) is 1.41. The fourth-order valence-electron chi connectivity index (χ4n) is 1.88. The summed E-state index contributed by atoms with van der Waals surface area (Å²) >= 11 is 0. The Labute approximate surface area is 120 Å². The summed E-state index contributed by atoms with van der Waals surface area (Å²) in [6, 6.07) is 7.33. The number of nitrogens with two attached hydrogens (primary N) is 1. The van der Waals surface area contributed by atoms with Gasteiger partial charge in [0.05, 0.1) is 12.3 Å². The van der Waals surface area contributed by atoms with Gasteiger partial charge in [-0.15, -0.1) is 0 Å². The number of primary amides is 1. The molecule has 0 bridgehead atoms. The number of carbonyl (C=O) groups excluding carboxylic acids is 1. The Morgan fingerprint density at radius 2 is 1.95 bits per heavy atom. The Bertz CT molecular complexity index is 555. The number of sulfonamides is 1. The fourth-order valence-corrected chi connectivity index (χ4v) is 3.52. The van der Waals surface area contributed by atoms with E-state index in [1.807, 2.05) is 32.0 Å². The molecule has 1 rings (SSSR count). The highest BCUT2D eigenvalue weighted by atomic mass is 32.2. The number of aryl methyl sites for hydroxylation is 1. The maximum atomic E-state index is 12.4.